The molecule has 2 aromatic rings. The van der Waals surface area contributed by atoms with E-state index in [0.717, 1.165) is 41.0 Å². The minimum absolute atomic E-state index is 0.0791. The zero-order valence-electron chi connectivity index (χ0n) is 25.2. The van der Waals surface area contributed by atoms with Crippen molar-refractivity contribution in [2.24, 2.45) is 17.1 Å². The molecule has 3 atom stereocenters. The highest BCUT2D eigenvalue weighted by atomic mass is 16.5. The highest BCUT2D eigenvalue weighted by Crippen LogP contribution is 2.44. The molecule has 0 radical (unpaired) electrons. The Hall–Kier alpha value is -3.49. The fourth-order valence-corrected chi connectivity index (χ4v) is 5.71. The molecule has 0 fully saturated rings. The van der Waals surface area contributed by atoms with E-state index >= 15 is 0 Å². The van der Waals surface area contributed by atoms with Crippen molar-refractivity contribution in [2.45, 2.75) is 66.0 Å². The van der Waals surface area contributed by atoms with Gasteiger partial charge in [-0.15, -0.1) is 0 Å². The highest BCUT2D eigenvalue weighted by molar-refractivity contribution is 5.96. The number of aromatic nitrogens is 1. The van der Waals surface area contributed by atoms with Gasteiger partial charge in [0.1, 0.15) is 5.75 Å². The molecule has 1 aliphatic rings. The van der Waals surface area contributed by atoms with Crippen LogP contribution in [0.1, 0.15) is 56.9 Å². The number of hydrogen-bond acceptors (Lipinski definition) is 6. The van der Waals surface area contributed by atoms with Crippen molar-refractivity contribution in [1.82, 2.24) is 15.2 Å². The summed E-state index contributed by atoms with van der Waals surface area (Å²) in [5, 5.41) is 15.0. The fraction of sp³-hybridized carbons (Fsp3) is 0.485. The molecule has 41 heavy (non-hydrogen) atoms. The van der Waals surface area contributed by atoms with Gasteiger partial charge in [-0.2, -0.15) is 0 Å². The number of allylic oxidation sites excluding steroid dienone is 2. The number of benzene rings is 1. The van der Waals surface area contributed by atoms with Gasteiger partial charge in [0, 0.05) is 49.6 Å². The Morgan fingerprint density at radius 1 is 1.17 bits per heavy atom. The Labute approximate surface area is 244 Å². The number of aryl methyl sites for hydroxylation is 1. The van der Waals surface area contributed by atoms with Gasteiger partial charge in [0.25, 0.3) is 0 Å². The Bertz CT molecular complexity index is 1230. The zero-order chi connectivity index (χ0) is 30.0. The molecule has 0 saturated heterocycles. The molecule has 4 N–H and O–H groups in total. The lowest BCUT2D eigenvalue weighted by Crippen LogP contribution is -2.51. The second-order valence-electron chi connectivity index (χ2n) is 11.1. The smallest absolute Gasteiger partial charge is 0.249 e. The van der Waals surface area contributed by atoms with E-state index in [4.69, 9.17) is 10.5 Å². The molecule has 1 heterocycles. The van der Waals surface area contributed by atoms with Crippen molar-refractivity contribution < 1.29 is 19.4 Å². The molecule has 1 unspecified atom stereocenters. The highest BCUT2D eigenvalue weighted by Gasteiger charge is 2.48. The number of ether oxygens (including phenoxy) is 1. The number of carbonyl (C=O) groups is 2. The summed E-state index contributed by atoms with van der Waals surface area (Å²) in [4.78, 5) is 33.5. The number of rotatable bonds is 15. The lowest BCUT2D eigenvalue weighted by atomic mass is 9.63. The van der Waals surface area contributed by atoms with Crippen LogP contribution in [0.25, 0.3) is 0 Å². The number of nitrogens with two attached hydrogens (primary N) is 1. The lowest BCUT2D eigenvalue weighted by molar-refractivity contribution is -0.132. The first-order valence-corrected chi connectivity index (χ1v) is 14.6. The molecule has 8 nitrogen and oxygen atoms in total. The number of methoxy groups -OCH3 is 1. The van der Waals surface area contributed by atoms with Gasteiger partial charge in [-0.05, 0) is 68.9 Å². The molecule has 1 aliphatic carbocycles. The van der Waals surface area contributed by atoms with Gasteiger partial charge < -0.3 is 25.8 Å². The molecule has 3 rings (SSSR count). The number of amides is 2. The van der Waals surface area contributed by atoms with Crippen LogP contribution < -0.4 is 15.8 Å². The van der Waals surface area contributed by atoms with Gasteiger partial charge in [-0.1, -0.05) is 49.8 Å². The van der Waals surface area contributed by atoms with Gasteiger partial charge in [-0.25, -0.2) is 0 Å². The molecule has 0 spiro atoms. The standard InChI is InChI=1S/C33H46N4O4/c1-6-13-37(14-7-2)31(39)26-15-24(4)18-33(19-26,32(34)40)29(17-27-12-11-23(3)20-36-27)30(38)22-35-21-25-9-8-10-28(16-25)41-5/h8-12,15-16,18,20,29-30,35,38H,6-7,13-14,17,19,21-22H2,1-5H3,(H2,34,40)/t29-,30+,33?/m1/s1. The third-order valence-corrected chi connectivity index (χ3v) is 7.72. The van der Waals surface area contributed by atoms with E-state index in [1.807, 2.05) is 81.1 Å². The van der Waals surface area contributed by atoms with Crippen molar-refractivity contribution in [3.05, 3.63) is 82.7 Å². The Balaban J connectivity index is 1.94. The number of carbonyl (C=O) groups excluding carboxylic acids is 2. The molecular formula is C33H46N4O4. The van der Waals surface area contributed by atoms with Gasteiger partial charge in [0.15, 0.2) is 0 Å². The Kier molecular flexibility index (Phi) is 11.7. The molecule has 2 amide bonds. The Morgan fingerprint density at radius 2 is 1.90 bits per heavy atom. The maximum Gasteiger partial charge on any atom is 0.249 e. The average Bonchev–Trinajstić information content (AvgIpc) is 2.95. The zero-order valence-corrected chi connectivity index (χ0v) is 25.2. The summed E-state index contributed by atoms with van der Waals surface area (Å²) >= 11 is 0. The number of hydrogen-bond donors (Lipinski definition) is 3. The van der Waals surface area contributed by atoms with Crippen molar-refractivity contribution in [3.8, 4) is 5.75 Å². The van der Waals surface area contributed by atoms with Crippen LogP contribution in [0.3, 0.4) is 0 Å². The monoisotopic (exact) mass is 562 g/mol. The molecule has 0 saturated carbocycles. The second kappa shape index (κ2) is 14.9. The first kappa shape index (κ1) is 32.0. The molecule has 222 valence electrons. The van der Waals surface area contributed by atoms with E-state index < -0.39 is 23.3 Å². The summed E-state index contributed by atoms with van der Waals surface area (Å²) in [6.07, 6.45) is 6.67. The largest absolute Gasteiger partial charge is 0.497 e. The van der Waals surface area contributed by atoms with Gasteiger partial charge >= 0.3 is 0 Å². The summed E-state index contributed by atoms with van der Waals surface area (Å²) in [6, 6.07) is 11.6. The maximum atomic E-state index is 13.7. The number of nitrogens with one attached hydrogen (secondary N) is 1. The van der Waals surface area contributed by atoms with Crippen LogP contribution in [0.4, 0.5) is 0 Å². The topological polar surface area (TPSA) is 118 Å². The van der Waals surface area contributed by atoms with Crippen LogP contribution in [0.2, 0.25) is 0 Å². The molecule has 1 aromatic carbocycles. The molecule has 0 aliphatic heterocycles. The normalized spacial score (nSPS) is 18.2. The number of primary amides is 1. The van der Waals surface area contributed by atoms with E-state index in [1.165, 1.54) is 0 Å². The van der Waals surface area contributed by atoms with Crippen LogP contribution in [-0.2, 0) is 22.6 Å². The van der Waals surface area contributed by atoms with Crippen LogP contribution in [0.5, 0.6) is 5.75 Å². The van der Waals surface area contributed by atoms with E-state index in [0.29, 0.717) is 31.6 Å². The minimum atomic E-state index is -1.27. The third kappa shape index (κ3) is 8.27. The van der Waals surface area contributed by atoms with Crippen LogP contribution in [0, 0.1) is 18.3 Å². The number of aliphatic hydroxyl groups is 1. The van der Waals surface area contributed by atoms with Gasteiger partial charge in [0.2, 0.25) is 11.8 Å². The second-order valence-corrected chi connectivity index (χ2v) is 11.1. The minimum Gasteiger partial charge on any atom is -0.497 e. The predicted octanol–water partition coefficient (Wildman–Crippen LogP) is 4.10. The molecule has 8 heteroatoms. The summed E-state index contributed by atoms with van der Waals surface area (Å²) in [5.74, 6) is -0.500. The fourth-order valence-electron chi connectivity index (χ4n) is 5.71. The molecule has 1 aromatic heterocycles. The summed E-state index contributed by atoms with van der Waals surface area (Å²) in [5.41, 5.74) is 9.03. The van der Waals surface area contributed by atoms with Crippen molar-refractivity contribution >= 4 is 11.8 Å². The molecule has 0 bridgehead atoms. The van der Waals surface area contributed by atoms with Gasteiger partial charge in [-0.3, -0.25) is 14.6 Å². The number of nitrogens with zero attached hydrogens (tertiary/aromatic N) is 2. The summed E-state index contributed by atoms with van der Waals surface area (Å²) in [6.45, 7) is 9.95. The SMILES string of the molecule is CCCN(CCC)C(=O)C1=CC(C)=CC(C(N)=O)([C@H](Cc2ccc(C)cn2)[C@@H](O)CNCc2cccc(OC)c2)C1. The summed E-state index contributed by atoms with van der Waals surface area (Å²) in [7, 11) is 1.63. The Morgan fingerprint density at radius 3 is 2.51 bits per heavy atom. The predicted molar refractivity (Wildman–Crippen MR) is 162 cm³/mol. The van der Waals surface area contributed by atoms with Crippen molar-refractivity contribution in [1.29, 1.82) is 0 Å². The van der Waals surface area contributed by atoms with E-state index in [9.17, 15) is 14.7 Å². The first-order valence-electron chi connectivity index (χ1n) is 14.6. The van der Waals surface area contributed by atoms with Crippen molar-refractivity contribution in [3.63, 3.8) is 0 Å². The maximum absolute atomic E-state index is 13.7. The quantitative estimate of drug-likeness (QED) is 0.301. The molecular weight excluding hydrogens is 516 g/mol. The lowest BCUT2D eigenvalue weighted by Gasteiger charge is -2.41. The van der Waals surface area contributed by atoms with Crippen LogP contribution >= 0.6 is 0 Å². The van der Waals surface area contributed by atoms with E-state index in [2.05, 4.69) is 10.3 Å². The van der Waals surface area contributed by atoms with Gasteiger partial charge in [0.05, 0.1) is 18.6 Å². The van der Waals surface area contributed by atoms with Crippen LogP contribution in [-0.4, -0.2) is 59.7 Å². The summed E-state index contributed by atoms with van der Waals surface area (Å²) < 4.78 is 5.32. The number of aliphatic hydroxyl groups excluding tert-OH is 1. The third-order valence-electron chi connectivity index (χ3n) is 7.72. The van der Waals surface area contributed by atoms with Crippen LogP contribution in [0.15, 0.2) is 65.9 Å². The number of pyridine rings is 1. The van der Waals surface area contributed by atoms with E-state index in [-0.39, 0.29) is 18.9 Å². The first-order chi connectivity index (χ1) is 19.6. The van der Waals surface area contributed by atoms with Crippen molar-refractivity contribution in [2.75, 3.05) is 26.7 Å². The van der Waals surface area contributed by atoms with E-state index in [1.54, 1.807) is 13.3 Å². The average molecular weight is 563 g/mol.